The number of rotatable bonds is 6. The van der Waals surface area contributed by atoms with Gasteiger partial charge in [-0.15, -0.1) is 0 Å². The molecule has 96 valence electrons. The molecule has 1 aromatic carbocycles. The topological polar surface area (TPSA) is 62.3 Å². The smallest absolute Gasteiger partial charge is 0.169 e. The van der Waals surface area contributed by atoms with E-state index >= 15 is 0 Å². The Morgan fingerprint density at radius 2 is 2.06 bits per heavy atom. The zero-order chi connectivity index (χ0) is 12.8. The number of benzene rings is 1. The van der Waals surface area contributed by atoms with Crippen molar-refractivity contribution in [3.63, 3.8) is 0 Å². The molecule has 0 atom stereocenters. The molecule has 0 amide bonds. The number of ether oxygens (including phenoxy) is 2. The van der Waals surface area contributed by atoms with E-state index in [0.29, 0.717) is 23.8 Å². The average molecular weight is 247 g/mol. The van der Waals surface area contributed by atoms with E-state index in [-0.39, 0.29) is 0 Å². The molecule has 0 aliphatic carbocycles. The van der Waals surface area contributed by atoms with E-state index in [9.17, 15) is 0 Å². The highest BCUT2D eigenvalue weighted by atomic mass is 16.5. The standard InChI is InChI=1S/C13H17N3O2/c1-17-12-5-2-3-6-13(12)18-11-9-15-16(10-11)8-4-7-14/h2-3,5-6,9-10H,4,7-8,14H2,1H3. The Bertz CT molecular complexity index is 496. The Labute approximate surface area is 106 Å². The molecule has 5 nitrogen and oxygen atoms in total. The van der Waals surface area contributed by atoms with Crippen LogP contribution < -0.4 is 15.2 Å². The predicted octanol–water partition coefficient (Wildman–Crippen LogP) is 2.03. The van der Waals surface area contributed by atoms with Crippen LogP contribution in [-0.4, -0.2) is 23.4 Å². The van der Waals surface area contributed by atoms with Crippen molar-refractivity contribution in [1.29, 1.82) is 0 Å². The van der Waals surface area contributed by atoms with Crippen LogP contribution in [0, 0.1) is 0 Å². The highest BCUT2D eigenvalue weighted by molar-refractivity contribution is 5.41. The maximum absolute atomic E-state index is 5.72. The van der Waals surface area contributed by atoms with Gasteiger partial charge in [0.2, 0.25) is 0 Å². The van der Waals surface area contributed by atoms with Crippen molar-refractivity contribution in [2.45, 2.75) is 13.0 Å². The summed E-state index contributed by atoms with van der Waals surface area (Å²) in [5, 5.41) is 4.20. The van der Waals surface area contributed by atoms with Crippen molar-refractivity contribution >= 4 is 0 Å². The van der Waals surface area contributed by atoms with E-state index < -0.39 is 0 Å². The first-order chi connectivity index (χ1) is 8.83. The zero-order valence-corrected chi connectivity index (χ0v) is 10.4. The highest BCUT2D eigenvalue weighted by Gasteiger charge is 2.06. The fourth-order valence-electron chi connectivity index (χ4n) is 1.60. The number of aromatic nitrogens is 2. The Hall–Kier alpha value is -2.01. The second-order valence-electron chi connectivity index (χ2n) is 3.83. The lowest BCUT2D eigenvalue weighted by Crippen LogP contribution is -2.05. The molecule has 0 bridgehead atoms. The van der Waals surface area contributed by atoms with Gasteiger partial charge in [0.25, 0.3) is 0 Å². The van der Waals surface area contributed by atoms with Crippen molar-refractivity contribution in [2.24, 2.45) is 5.73 Å². The molecule has 1 aromatic heterocycles. The lowest BCUT2D eigenvalue weighted by molar-refractivity contribution is 0.378. The summed E-state index contributed by atoms with van der Waals surface area (Å²) >= 11 is 0. The highest BCUT2D eigenvalue weighted by Crippen LogP contribution is 2.30. The Morgan fingerprint density at radius 1 is 1.28 bits per heavy atom. The van der Waals surface area contributed by atoms with Crippen LogP contribution in [0.5, 0.6) is 17.2 Å². The normalized spacial score (nSPS) is 10.3. The summed E-state index contributed by atoms with van der Waals surface area (Å²) < 4.78 is 12.8. The summed E-state index contributed by atoms with van der Waals surface area (Å²) in [6.45, 7) is 1.45. The maximum Gasteiger partial charge on any atom is 0.169 e. The monoisotopic (exact) mass is 247 g/mol. The lowest BCUT2D eigenvalue weighted by atomic mass is 10.3. The van der Waals surface area contributed by atoms with Gasteiger partial charge in [0, 0.05) is 6.54 Å². The maximum atomic E-state index is 5.72. The van der Waals surface area contributed by atoms with Crippen LogP contribution in [0.15, 0.2) is 36.7 Å². The van der Waals surface area contributed by atoms with Crippen molar-refractivity contribution in [3.05, 3.63) is 36.7 Å². The van der Waals surface area contributed by atoms with Gasteiger partial charge in [0.05, 0.1) is 19.5 Å². The number of nitrogens with zero attached hydrogens (tertiary/aromatic N) is 2. The number of methoxy groups -OCH3 is 1. The molecule has 0 fully saturated rings. The van der Waals surface area contributed by atoms with Crippen molar-refractivity contribution in [3.8, 4) is 17.2 Å². The summed E-state index contributed by atoms with van der Waals surface area (Å²) in [6.07, 6.45) is 4.43. The van der Waals surface area contributed by atoms with Gasteiger partial charge in [0.15, 0.2) is 17.2 Å². The SMILES string of the molecule is COc1ccccc1Oc1cnn(CCCN)c1. The van der Waals surface area contributed by atoms with Crippen molar-refractivity contribution < 1.29 is 9.47 Å². The molecule has 0 unspecified atom stereocenters. The summed E-state index contributed by atoms with van der Waals surface area (Å²) in [4.78, 5) is 0. The van der Waals surface area contributed by atoms with Gasteiger partial charge >= 0.3 is 0 Å². The van der Waals surface area contributed by atoms with Crippen LogP contribution >= 0.6 is 0 Å². The van der Waals surface area contributed by atoms with Crippen LogP contribution in [-0.2, 0) is 6.54 Å². The molecule has 1 heterocycles. The fourth-order valence-corrected chi connectivity index (χ4v) is 1.60. The molecule has 0 aliphatic heterocycles. The number of nitrogens with two attached hydrogens (primary N) is 1. The molecule has 0 spiro atoms. The van der Waals surface area contributed by atoms with Gasteiger partial charge in [-0.05, 0) is 25.1 Å². The second kappa shape index (κ2) is 6.07. The van der Waals surface area contributed by atoms with Gasteiger partial charge in [0.1, 0.15) is 0 Å². The van der Waals surface area contributed by atoms with Gasteiger partial charge in [-0.3, -0.25) is 4.68 Å². The van der Waals surface area contributed by atoms with Gasteiger partial charge in [-0.2, -0.15) is 5.10 Å². The predicted molar refractivity (Wildman–Crippen MR) is 69.0 cm³/mol. The Kier molecular flexibility index (Phi) is 4.20. The molecule has 2 rings (SSSR count). The average Bonchev–Trinajstić information content (AvgIpc) is 2.84. The molecule has 0 radical (unpaired) electrons. The van der Waals surface area contributed by atoms with Gasteiger partial charge < -0.3 is 15.2 Å². The first-order valence-corrected chi connectivity index (χ1v) is 5.87. The van der Waals surface area contributed by atoms with Crippen LogP contribution in [0.2, 0.25) is 0 Å². The second-order valence-corrected chi connectivity index (χ2v) is 3.83. The van der Waals surface area contributed by atoms with Gasteiger partial charge in [-0.1, -0.05) is 12.1 Å². The third kappa shape index (κ3) is 3.01. The molecule has 0 aliphatic rings. The van der Waals surface area contributed by atoms with E-state index in [4.69, 9.17) is 15.2 Å². The summed E-state index contributed by atoms with van der Waals surface area (Å²) in [6, 6.07) is 7.51. The number of hydrogen-bond acceptors (Lipinski definition) is 4. The van der Waals surface area contributed by atoms with E-state index in [2.05, 4.69) is 5.10 Å². The first kappa shape index (κ1) is 12.4. The number of aryl methyl sites for hydroxylation is 1. The molecule has 18 heavy (non-hydrogen) atoms. The molecule has 0 saturated carbocycles. The van der Waals surface area contributed by atoms with E-state index in [1.807, 2.05) is 35.1 Å². The first-order valence-electron chi connectivity index (χ1n) is 5.87. The molecule has 0 saturated heterocycles. The van der Waals surface area contributed by atoms with Crippen molar-refractivity contribution in [1.82, 2.24) is 9.78 Å². The summed E-state index contributed by atoms with van der Waals surface area (Å²) in [7, 11) is 1.62. The van der Waals surface area contributed by atoms with E-state index in [0.717, 1.165) is 13.0 Å². The van der Waals surface area contributed by atoms with Crippen molar-refractivity contribution in [2.75, 3.05) is 13.7 Å². The Morgan fingerprint density at radius 3 is 2.78 bits per heavy atom. The molecule has 2 N–H and O–H groups in total. The molecular weight excluding hydrogens is 230 g/mol. The van der Waals surface area contributed by atoms with Crippen LogP contribution in [0.1, 0.15) is 6.42 Å². The zero-order valence-electron chi connectivity index (χ0n) is 10.4. The fraction of sp³-hybridized carbons (Fsp3) is 0.308. The molecule has 5 heteroatoms. The van der Waals surface area contributed by atoms with E-state index in [1.165, 1.54) is 0 Å². The minimum Gasteiger partial charge on any atom is -0.493 e. The largest absolute Gasteiger partial charge is 0.493 e. The lowest BCUT2D eigenvalue weighted by Gasteiger charge is -2.07. The van der Waals surface area contributed by atoms with Crippen LogP contribution in [0.4, 0.5) is 0 Å². The minimum absolute atomic E-state index is 0.655. The summed E-state index contributed by atoms with van der Waals surface area (Å²) in [5.74, 6) is 2.07. The quantitative estimate of drug-likeness (QED) is 0.848. The van der Waals surface area contributed by atoms with E-state index in [1.54, 1.807) is 13.3 Å². The minimum atomic E-state index is 0.655. The Balaban J connectivity index is 2.06. The number of para-hydroxylation sites is 2. The molecular formula is C13H17N3O2. The van der Waals surface area contributed by atoms with Crippen LogP contribution in [0.3, 0.4) is 0 Å². The third-order valence-electron chi connectivity index (χ3n) is 2.50. The summed E-state index contributed by atoms with van der Waals surface area (Å²) in [5.41, 5.74) is 5.46. The molecule has 2 aromatic rings. The third-order valence-corrected chi connectivity index (χ3v) is 2.50. The van der Waals surface area contributed by atoms with Crippen LogP contribution in [0.25, 0.3) is 0 Å². The van der Waals surface area contributed by atoms with Gasteiger partial charge in [-0.25, -0.2) is 0 Å². The number of hydrogen-bond donors (Lipinski definition) is 1.